The molecule has 0 aliphatic carbocycles. The van der Waals surface area contributed by atoms with Gasteiger partial charge in [-0.15, -0.1) is 0 Å². The maximum absolute atomic E-state index is 9.81. The highest BCUT2D eigenvalue weighted by Gasteiger charge is 1.87. The first kappa shape index (κ1) is 15.6. The Balaban J connectivity index is 0. The Morgan fingerprint density at radius 2 is 1.69 bits per heavy atom. The van der Waals surface area contributed by atoms with E-state index in [2.05, 4.69) is 0 Å². The van der Waals surface area contributed by atoms with Gasteiger partial charge >= 0.3 is 10.0 Å². The fraction of sp³-hybridized carbons (Fsp3) is 0.875. The Morgan fingerprint density at radius 3 is 1.85 bits per heavy atom. The van der Waals surface area contributed by atoms with Gasteiger partial charge in [0.15, 0.2) is 0 Å². The molecule has 0 atom stereocenters. The van der Waals surface area contributed by atoms with E-state index in [0.29, 0.717) is 6.42 Å². The van der Waals surface area contributed by atoms with Gasteiger partial charge in [-0.1, -0.05) is 6.92 Å². The molecule has 13 heavy (non-hydrogen) atoms. The highest BCUT2D eigenvalue weighted by Crippen LogP contribution is 1.90. The molecule has 0 rings (SSSR count). The van der Waals surface area contributed by atoms with Crippen LogP contribution in [0, 0.1) is 0 Å². The van der Waals surface area contributed by atoms with Crippen LogP contribution in [-0.2, 0) is 13.6 Å². The predicted molar refractivity (Wildman–Crippen MR) is 57.6 cm³/mol. The van der Waals surface area contributed by atoms with Crippen LogP contribution in [0.15, 0.2) is 0 Å². The Morgan fingerprint density at radius 1 is 1.23 bits per heavy atom. The van der Waals surface area contributed by atoms with E-state index in [0.717, 1.165) is 19.6 Å². The van der Waals surface area contributed by atoms with E-state index < -0.39 is 10.0 Å². The number of carbonyl (C=O) groups excluding carboxylic acids is 1. The molecule has 0 spiro atoms. The number of carbonyl (C=O) groups is 1. The second-order valence-corrected chi connectivity index (χ2v) is 3.68. The summed E-state index contributed by atoms with van der Waals surface area (Å²) in [5.41, 5.74) is 0. The van der Waals surface area contributed by atoms with Gasteiger partial charge in [0.2, 0.25) is 5.24 Å². The molecule has 0 fully saturated rings. The average Bonchev–Trinajstić information content (AvgIpc) is 2.06. The molecule has 0 heterocycles. The van der Waals surface area contributed by atoms with Crippen molar-refractivity contribution in [3.8, 4) is 0 Å². The first-order valence-corrected chi connectivity index (χ1v) is 6.06. The zero-order chi connectivity index (χ0) is 10.5. The largest absolute Gasteiger partial charge is 0.399 e. The van der Waals surface area contributed by atoms with E-state index in [9.17, 15) is 4.79 Å². The highest BCUT2D eigenvalue weighted by atomic mass is 35.5. The van der Waals surface area contributed by atoms with Gasteiger partial charge in [0, 0.05) is 19.6 Å². The fourth-order valence-corrected chi connectivity index (χ4v) is 1.06. The van der Waals surface area contributed by atoms with Crippen LogP contribution >= 0.6 is 11.6 Å². The van der Waals surface area contributed by atoms with Crippen LogP contribution in [0.4, 0.5) is 0 Å². The van der Waals surface area contributed by atoms with E-state index in [1.807, 2.05) is 20.8 Å². The van der Waals surface area contributed by atoms with Crippen molar-refractivity contribution in [1.29, 1.82) is 0 Å². The van der Waals surface area contributed by atoms with Gasteiger partial charge in [0.1, 0.15) is 0 Å². The molecule has 0 unspecified atom stereocenters. The number of halogens is 1. The summed E-state index contributed by atoms with van der Waals surface area (Å²) in [6.07, 6.45) is 1.35. The maximum atomic E-state index is 9.81. The van der Waals surface area contributed by atoms with E-state index in [1.54, 1.807) is 0 Å². The smallest absolute Gasteiger partial charge is 0.304 e. The second-order valence-electron chi connectivity index (χ2n) is 2.21. The van der Waals surface area contributed by atoms with Crippen molar-refractivity contribution in [3.63, 3.8) is 0 Å². The SMILES string of the molecule is CCCC(=O)Cl.CCO[SiH2]OCC. The minimum Gasteiger partial charge on any atom is -0.399 e. The number of hydrogen-bond acceptors (Lipinski definition) is 3. The molecule has 3 nitrogen and oxygen atoms in total. The molecule has 5 heteroatoms. The lowest BCUT2D eigenvalue weighted by Crippen LogP contribution is -2.02. The lowest BCUT2D eigenvalue weighted by molar-refractivity contribution is -0.111. The molecular formula is C8H19ClO3Si. The quantitative estimate of drug-likeness (QED) is 0.392. The molecule has 0 amide bonds. The van der Waals surface area contributed by atoms with Crippen LogP contribution in [0.25, 0.3) is 0 Å². The lowest BCUT2D eigenvalue weighted by atomic mass is 10.4. The van der Waals surface area contributed by atoms with Gasteiger partial charge in [-0.05, 0) is 31.9 Å². The van der Waals surface area contributed by atoms with Gasteiger partial charge < -0.3 is 8.85 Å². The van der Waals surface area contributed by atoms with Crippen LogP contribution in [0.3, 0.4) is 0 Å². The van der Waals surface area contributed by atoms with Gasteiger partial charge in [0.05, 0.1) is 0 Å². The summed E-state index contributed by atoms with van der Waals surface area (Å²) < 4.78 is 9.98. The normalized spacial score (nSPS) is 8.92. The number of rotatable bonds is 6. The molecule has 0 aliphatic rings. The summed E-state index contributed by atoms with van der Waals surface area (Å²) in [4.78, 5) is 9.81. The molecule has 0 bridgehead atoms. The molecular weight excluding hydrogens is 208 g/mol. The summed E-state index contributed by atoms with van der Waals surface area (Å²) in [6.45, 7) is 7.47. The van der Waals surface area contributed by atoms with E-state index in [1.165, 1.54) is 0 Å². The maximum Gasteiger partial charge on any atom is 0.304 e. The Hall–Kier alpha value is 0.0969. The van der Waals surface area contributed by atoms with Crippen molar-refractivity contribution in [2.75, 3.05) is 13.2 Å². The van der Waals surface area contributed by atoms with Crippen molar-refractivity contribution in [2.24, 2.45) is 0 Å². The zero-order valence-electron chi connectivity index (χ0n) is 8.64. The van der Waals surface area contributed by atoms with Crippen molar-refractivity contribution >= 4 is 26.9 Å². The molecule has 0 aromatic rings. The topological polar surface area (TPSA) is 35.5 Å². The van der Waals surface area contributed by atoms with Crippen LogP contribution in [0.5, 0.6) is 0 Å². The monoisotopic (exact) mass is 226 g/mol. The van der Waals surface area contributed by atoms with Crippen molar-refractivity contribution in [3.05, 3.63) is 0 Å². The Kier molecular flexibility index (Phi) is 17.5. The van der Waals surface area contributed by atoms with Gasteiger partial charge in [-0.3, -0.25) is 4.79 Å². The lowest BCUT2D eigenvalue weighted by Gasteiger charge is -1.96. The summed E-state index contributed by atoms with van der Waals surface area (Å²) in [5.74, 6) is 0. The third-order valence-corrected chi connectivity index (χ3v) is 2.36. The van der Waals surface area contributed by atoms with Gasteiger partial charge in [-0.25, -0.2) is 0 Å². The first-order valence-electron chi connectivity index (χ1n) is 4.52. The van der Waals surface area contributed by atoms with Crippen molar-refractivity contribution < 1.29 is 13.6 Å². The van der Waals surface area contributed by atoms with Gasteiger partial charge in [-0.2, -0.15) is 0 Å². The molecule has 0 aliphatic heterocycles. The molecule has 0 saturated carbocycles. The zero-order valence-corrected chi connectivity index (χ0v) is 10.8. The molecule has 0 aromatic carbocycles. The van der Waals surface area contributed by atoms with Crippen LogP contribution in [0.1, 0.15) is 33.6 Å². The molecule has 80 valence electrons. The summed E-state index contributed by atoms with van der Waals surface area (Å²) in [5, 5.41) is -0.238. The van der Waals surface area contributed by atoms with Crippen molar-refractivity contribution in [2.45, 2.75) is 33.6 Å². The van der Waals surface area contributed by atoms with Crippen LogP contribution in [-0.4, -0.2) is 28.5 Å². The third-order valence-electron chi connectivity index (χ3n) is 1.02. The first-order chi connectivity index (χ1) is 6.18. The summed E-state index contributed by atoms with van der Waals surface area (Å²) in [6, 6.07) is 0. The van der Waals surface area contributed by atoms with E-state index in [4.69, 9.17) is 20.5 Å². The molecule has 0 aromatic heterocycles. The van der Waals surface area contributed by atoms with E-state index >= 15 is 0 Å². The summed E-state index contributed by atoms with van der Waals surface area (Å²) >= 11 is 4.94. The van der Waals surface area contributed by atoms with Gasteiger partial charge in [0.25, 0.3) is 0 Å². The number of hydrogen-bond donors (Lipinski definition) is 0. The Bertz CT molecular complexity index is 108. The van der Waals surface area contributed by atoms with Crippen molar-refractivity contribution in [1.82, 2.24) is 0 Å². The minimum absolute atomic E-state index is 0.238. The molecule has 0 saturated heterocycles. The minimum atomic E-state index is -0.589. The van der Waals surface area contributed by atoms with E-state index in [-0.39, 0.29) is 5.24 Å². The average molecular weight is 227 g/mol. The predicted octanol–water partition coefficient (Wildman–Crippen LogP) is 1.61. The highest BCUT2D eigenvalue weighted by molar-refractivity contribution is 6.63. The summed E-state index contributed by atoms with van der Waals surface area (Å²) in [7, 11) is -0.589. The Labute approximate surface area is 87.8 Å². The van der Waals surface area contributed by atoms with Crippen LogP contribution in [0.2, 0.25) is 0 Å². The standard InChI is InChI=1S/C4H7ClO.C4H12O2Si/c1-2-3-4(5)6;1-3-5-7-6-4-2/h2-3H2,1H3;3-4,7H2,1-2H3. The second kappa shape index (κ2) is 14.6. The van der Waals surface area contributed by atoms with Crippen LogP contribution < -0.4 is 0 Å². The third kappa shape index (κ3) is 24.5. The molecule has 0 N–H and O–H groups in total. The molecule has 0 radical (unpaired) electrons. The fourth-order valence-electron chi connectivity index (χ4n) is 0.422.